The molecule has 0 saturated heterocycles. The molecule has 0 aromatic heterocycles. The van der Waals surface area contributed by atoms with Crippen LogP contribution in [0.25, 0.3) is 0 Å². The van der Waals surface area contributed by atoms with Crippen LogP contribution in [0.2, 0.25) is 0 Å². The number of benzene rings is 1. The molecule has 0 spiro atoms. The summed E-state index contributed by atoms with van der Waals surface area (Å²) in [6.07, 6.45) is 3.12. The van der Waals surface area contributed by atoms with Crippen molar-refractivity contribution in [3.05, 3.63) is 35.4 Å². The van der Waals surface area contributed by atoms with Gasteiger partial charge in [-0.25, -0.2) is 4.39 Å². The summed E-state index contributed by atoms with van der Waals surface area (Å²) < 4.78 is 13.3. The van der Waals surface area contributed by atoms with Gasteiger partial charge in [0.2, 0.25) is 0 Å². The van der Waals surface area contributed by atoms with Crippen LogP contribution in [0.5, 0.6) is 0 Å². The summed E-state index contributed by atoms with van der Waals surface area (Å²) in [6.45, 7) is 2.12. The smallest absolute Gasteiger partial charge is 0.101 e. The zero-order valence-electron chi connectivity index (χ0n) is 8.67. The van der Waals surface area contributed by atoms with Gasteiger partial charge in [0, 0.05) is 0 Å². The van der Waals surface area contributed by atoms with Crippen molar-refractivity contribution in [3.8, 4) is 0 Å². The lowest BCUT2D eigenvalue weighted by molar-refractivity contribution is 0.231. The van der Waals surface area contributed by atoms with E-state index in [9.17, 15) is 4.39 Å². The van der Waals surface area contributed by atoms with Gasteiger partial charge in [0.25, 0.3) is 0 Å². The monoisotopic (exact) mass is 192 g/mol. The number of aryl methyl sites for hydroxylation is 1. The minimum absolute atomic E-state index is 0.458. The second-order valence-corrected chi connectivity index (χ2v) is 4.32. The van der Waals surface area contributed by atoms with Gasteiger partial charge < -0.3 is 0 Å². The number of alkyl halides is 1. The van der Waals surface area contributed by atoms with Crippen LogP contribution >= 0.6 is 0 Å². The highest BCUT2D eigenvalue weighted by Gasteiger charge is 2.23. The lowest BCUT2D eigenvalue weighted by Gasteiger charge is -2.26. The van der Waals surface area contributed by atoms with Gasteiger partial charge in [0.05, 0.1) is 0 Å². The van der Waals surface area contributed by atoms with E-state index in [1.807, 2.05) is 0 Å². The van der Waals surface area contributed by atoms with Crippen LogP contribution < -0.4 is 0 Å². The van der Waals surface area contributed by atoms with E-state index in [0.717, 1.165) is 25.7 Å². The summed E-state index contributed by atoms with van der Waals surface area (Å²) in [5.41, 5.74) is 2.67. The van der Waals surface area contributed by atoms with E-state index >= 15 is 0 Å². The van der Waals surface area contributed by atoms with E-state index in [2.05, 4.69) is 31.2 Å². The van der Waals surface area contributed by atoms with Gasteiger partial charge in [-0.1, -0.05) is 24.3 Å². The number of halogens is 1. The molecule has 1 aromatic carbocycles. The van der Waals surface area contributed by atoms with Gasteiger partial charge in [-0.05, 0) is 49.7 Å². The number of hydrogen-bond donors (Lipinski definition) is 0. The molecule has 1 fully saturated rings. The summed E-state index contributed by atoms with van der Waals surface area (Å²) in [5.74, 6) is 0.458. The van der Waals surface area contributed by atoms with Crippen LogP contribution in [0.3, 0.4) is 0 Å². The molecular weight excluding hydrogens is 175 g/mol. The first-order chi connectivity index (χ1) is 6.77. The molecule has 0 aliphatic heterocycles. The fourth-order valence-corrected chi connectivity index (χ4v) is 2.46. The predicted molar refractivity (Wildman–Crippen MR) is 57.3 cm³/mol. The fraction of sp³-hybridized carbons (Fsp3) is 0.538. The molecule has 0 bridgehead atoms. The van der Waals surface area contributed by atoms with E-state index in [4.69, 9.17) is 0 Å². The molecule has 1 aliphatic carbocycles. The fourth-order valence-electron chi connectivity index (χ4n) is 2.46. The predicted octanol–water partition coefficient (Wildman–Crippen LogP) is 3.99. The highest BCUT2D eigenvalue weighted by molar-refractivity contribution is 5.29. The number of rotatable bonds is 1. The molecule has 1 saturated carbocycles. The van der Waals surface area contributed by atoms with Gasteiger partial charge in [0.1, 0.15) is 6.17 Å². The van der Waals surface area contributed by atoms with Crippen LogP contribution in [0.1, 0.15) is 42.7 Å². The average Bonchev–Trinajstić information content (AvgIpc) is 2.18. The Balaban J connectivity index is 2.18. The topological polar surface area (TPSA) is 0 Å². The Kier molecular flexibility index (Phi) is 2.85. The van der Waals surface area contributed by atoms with E-state index < -0.39 is 6.17 Å². The molecule has 0 radical (unpaired) electrons. The summed E-state index contributed by atoms with van der Waals surface area (Å²) in [6, 6.07) is 8.38. The Morgan fingerprint density at radius 1 is 1.21 bits per heavy atom. The summed E-state index contributed by atoms with van der Waals surface area (Å²) in [7, 11) is 0. The molecular formula is C13H17F. The maximum Gasteiger partial charge on any atom is 0.101 e. The SMILES string of the molecule is Cc1ccccc1C1CCCC(F)C1. The molecule has 1 heteroatoms. The van der Waals surface area contributed by atoms with Crippen LogP contribution in [-0.2, 0) is 0 Å². The van der Waals surface area contributed by atoms with Crippen molar-refractivity contribution in [1.82, 2.24) is 0 Å². The molecule has 1 aliphatic rings. The second kappa shape index (κ2) is 4.12. The molecule has 2 unspecified atom stereocenters. The minimum atomic E-state index is -0.576. The Hall–Kier alpha value is -0.850. The molecule has 1 aromatic rings. The van der Waals surface area contributed by atoms with Gasteiger partial charge in [-0.2, -0.15) is 0 Å². The van der Waals surface area contributed by atoms with Gasteiger partial charge in [-0.3, -0.25) is 0 Å². The molecule has 0 amide bonds. The third kappa shape index (κ3) is 1.97. The molecule has 0 N–H and O–H groups in total. The first-order valence-corrected chi connectivity index (χ1v) is 5.47. The minimum Gasteiger partial charge on any atom is -0.247 e. The summed E-state index contributed by atoms with van der Waals surface area (Å²) >= 11 is 0. The van der Waals surface area contributed by atoms with Gasteiger partial charge in [-0.15, -0.1) is 0 Å². The summed E-state index contributed by atoms with van der Waals surface area (Å²) in [4.78, 5) is 0. The van der Waals surface area contributed by atoms with Crippen LogP contribution in [-0.4, -0.2) is 6.17 Å². The third-order valence-corrected chi connectivity index (χ3v) is 3.24. The highest BCUT2D eigenvalue weighted by Crippen LogP contribution is 2.35. The van der Waals surface area contributed by atoms with E-state index in [1.54, 1.807) is 0 Å². The van der Waals surface area contributed by atoms with Crippen molar-refractivity contribution in [2.45, 2.75) is 44.7 Å². The standard InChI is InChI=1S/C13H17F/c1-10-5-2-3-8-13(10)11-6-4-7-12(14)9-11/h2-3,5,8,11-12H,4,6-7,9H2,1H3. The van der Waals surface area contributed by atoms with Crippen molar-refractivity contribution < 1.29 is 4.39 Å². The zero-order valence-corrected chi connectivity index (χ0v) is 8.67. The second-order valence-electron chi connectivity index (χ2n) is 4.32. The highest BCUT2D eigenvalue weighted by atomic mass is 19.1. The van der Waals surface area contributed by atoms with E-state index in [0.29, 0.717) is 5.92 Å². The van der Waals surface area contributed by atoms with Gasteiger partial charge >= 0.3 is 0 Å². The van der Waals surface area contributed by atoms with Gasteiger partial charge in [0.15, 0.2) is 0 Å². The Morgan fingerprint density at radius 2 is 2.00 bits per heavy atom. The maximum atomic E-state index is 13.3. The average molecular weight is 192 g/mol. The van der Waals surface area contributed by atoms with Crippen molar-refractivity contribution >= 4 is 0 Å². The number of hydrogen-bond acceptors (Lipinski definition) is 0. The quantitative estimate of drug-likeness (QED) is 0.631. The van der Waals surface area contributed by atoms with Crippen molar-refractivity contribution in [2.75, 3.05) is 0 Å². The van der Waals surface area contributed by atoms with Crippen molar-refractivity contribution in [3.63, 3.8) is 0 Å². The molecule has 0 heterocycles. The van der Waals surface area contributed by atoms with Crippen molar-refractivity contribution in [1.29, 1.82) is 0 Å². The Bertz CT molecular complexity index is 306. The van der Waals surface area contributed by atoms with E-state index in [1.165, 1.54) is 11.1 Å². The third-order valence-electron chi connectivity index (χ3n) is 3.24. The maximum absolute atomic E-state index is 13.3. The molecule has 2 rings (SSSR count). The van der Waals surface area contributed by atoms with E-state index in [-0.39, 0.29) is 0 Å². The largest absolute Gasteiger partial charge is 0.247 e. The first-order valence-electron chi connectivity index (χ1n) is 5.47. The van der Waals surface area contributed by atoms with Crippen LogP contribution in [0.15, 0.2) is 24.3 Å². The zero-order chi connectivity index (χ0) is 9.97. The molecule has 0 nitrogen and oxygen atoms in total. The van der Waals surface area contributed by atoms with Crippen LogP contribution in [0, 0.1) is 6.92 Å². The normalized spacial score (nSPS) is 27.6. The summed E-state index contributed by atoms with van der Waals surface area (Å²) in [5, 5.41) is 0. The molecule has 76 valence electrons. The lowest BCUT2D eigenvalue weighted by atomic mass is 9.81. The first kappa shape index (κ1) is 9.70. The molecule has 2 atom stereocenters. The molecule has 14 heavy (non-hydrogen) atoms. The van der Waals surface area contributed by atoms with Crippen molar-refractivity contribution in [2.24, 2.45) is 0 Å². The Labute approximate surface area is 85.1 Å². The lowest BCUT2D eigenvalue weighted by Crippen LogP contribution is -2.15. The van der Waals surface area contributed by atoms with Crippen LogP contribution in [0.4, 0.5) is 4.39 Å². The Morgan fingerprint density at radius 3 is 2.71 bits per heavy atom.